The van der Waals surface area contributed by atoms with Crippen LogP contribution < -0.4 is 10.0 Å². The molecule has 0 saturated carbocycles. The summed E-state index contributed by atoms with van der Waals surface area (Å²) < 4.78 is 26.8. The molecule has 7 nitrogen and oxygen atoms in total. The molecule has 2 aliphatic carbocycles. The van der Waals surface area contributed by atoms with E-state index >= 15 is 0 Å². The van der Waals surface area contributed by atoms with Crippen LogP contribution in [0.2, 0.25) is 0 Å². The lowest BCUT2D eigenvalue weighted by molar-refractivity contribution is 0.256. The Morgan fingerprint density at radius 3 is 2.27 bits per heavy atom. The molecule has 8 heteroatoms. The quantitative estimate of drug-likeness (QED) is 0.805. The molecule has 0 saturated heterocycles. The Bertz CT molecular complexity index is 969. The van der Waals surface area contributed by atoms with Crippen molar-refractivity contribution in [3.63, 3.8) is 0 Å². The Balaban J connectivity index is 1.60. The largest absolute Gasteiger partial charge is 0.333 e. The number of carbonyl (C=O) groups excluding carboxylic acids is 1. The van der Waals surface area contributed by atoms with Gasteiger partial charge < -0.3 is 5.32 Å². The number of aryl methyl sites for hydroxylation is 3. The molecule has 0 aliphatic heterocycles. The van der Waals surface area contributed by atoms with Gasteiger partial charge >= 0.3 is 6.03 Å². The van der Waals surface area contributed by atoms with E-state index in [1.165, 1.54) is 23.5 Å². The highest BCUT2D eigenvalue weighted by Gasteiger charge is 2.26. The van der Waals surface area contributed by atoms with E-state index in [2.05, 4.69) is 26.1 Å². The molecule has 0 atom stereocenters. The summed E-state index contributed by atoms with van der Waals surface area (Å²) >= 11 is 0. The number of fused-ring (bicyclic) bond motifs is 2. The van der Waals surface area contributed by atoms with Gasteiger partial charge in [0.25, 0.3) is 10.0 Å². The first kappa shape index (κ1) is 17.0. The zero-order valence-corrected chi connectivity index (χ0v) is 15.3. The topological polar surface area (TPSA) is 101 Å². The van der Waals surface area contributed by atoms with E-state index in [-0.39, 0.29) is 5.03 Å². The van der Waals surface area contributed by atoms with Crippen molar-refractivity contribution in [3.8, 4) is 0 Å². The Labute approximate surface area is 152 Å². The maximum Gasteiger partial charge on any atom is 0.333 e. The molecule has 0 spiro atoms. The van der Waals surface area contributed by atoms with Crippen molar-refractivity contribution in [1.29, 1.82) is 0 Å². The number of rotatable bonds is 3. The van der Waals surface area contributed by atoms with E-state index < -0.39 is 16.1 Å². The Kier molecular flexibility index (Phi) is 4.14. The Morgan fingerprint density at radius 1 is 1.00 bits per heavy atom. The van der Waals surface area contributed by atoms with Gasteiger partial charge in [-0.2, -0.15) is 8.42 Å². The van der Waals surface area contributed by atoms with Crippen LogP contribution >= 0.6 is 0 Å². The zero-order valence-electron chi connectivity index (χ0n) is 14.5. The fraction of sp³-hybridized carbons (Fsp3) is 0.389. The molecule has 0 radical (unpaired) electrons. The second-order valence-corrected chi connectivity index (χ2v) is 8.42. The minimum absolute atomic E-state index is 0.219. The molecule has 1 heterocycles. The third kappa shape index (κ3) is 3.05. The van der Waals surface area contributed by atoms with Gasteiger partial charge in [0.2, 0.25) is 0 Å². The van der Waals surface area contributed by atoms with Gasteiger partial charge in [-0.25, -0.2) is 19.5 Å². The summed E-state index contributed by atoms with van der Waals surface area (Å²) in [4.78, 5) is 20.1. The number of aromatic nitrogens is 2. The number of anilines is 1. The molecule has 4 rings (SSSR count). The predicted molar refractivity (Wildman–Crippen MR) is 96.6 cm³/mol. The number of hydrogen-bond donors (Lipinski definition) is 2. The van der Waals surface area contributed by atoms with E-state index in [1.54, 1.807) is 6.92 Å². The van der Waals surface area contributed by atoms with E-state index in [0.29, 0.717) is 5.69 Å². The number of benzene rings is 1. The van der Waals surface area contributed by atoms with E-state index in [9.17, 15) is 13.2 Å². The van der Waals surface area contributed by atoms with Crippen LogP contribution in [0.1, 0.15) is 40.8 Å². The van der Waals surface area contributed by atoms with Gasteiger partial charge in [-0.3, -0.25) is 0 Å². The summed E-state index contributed by atoms with van der Waals surface area (Å²) in [6, 6.07) is 2.83. The molecule has 0 bridgehead atoms. The first-order valence-electron chi connectivity index (χ1n) is 8.73. The van der Waals surface area contributed by atoms with Crippen LogP contribution in [0.4, 0.5) is 10.5 Å². The number of carbonyl (C=O) groups is 1. The highest BCUT2D eigenvalue weighted by molar-refractivity contribution is 7.90. The number of hydrogen-bond acceptors (Lipinski definition) is 5. The van der Waals surface area contributed by atoms with Crippen molar-refractivity contribution >= 4 is 21.7 Å². The normalized spacial score (nSPS) is 15.4. The smallest absolute Gasteiger partial charge is 0.307 e. The van der Waals surface area contributed by atoms with E-state index in [4.69, 9.17) is 0 Å². The fourth-order valence-electron chi connectivity index (χ4n) is 3.86. The molecule has 136 valence electrons. The fourth-order valence-corrected chi connectivity index (χ4v) is 4.77. The molecule has 2 aromatic rings. The molecule has 26 heavy (non-hydrogen) atoms. The second kappa shape index (κ2) is 6.35. The Morgan fingerprint density at radius 2 is 1.65 bits per heavy atom. The minimum Gasteiger partial charge on any atom is -0.307 e. The predicted octanol–water partition coefficient (Wildman–Crippen LogP) is 2.27. The summed E-state index contributed by atoms with van der Waals surface area (Å²) in [6.45, 7) is 1.66. The minimum atomic E-state index is -4.04. The first-order valence-corrected chi connectivity index (χ1v) is 10.2. The van der Waals surface area contributed by atoms with Crippen LogP contribution in [-0.4, -0.2) is 24.4 Å². The highest BCUT2D eigenvalue weighted by Crippen LogP contribution is 2.38. The Hall–Kier alpha value is -2.48. The number of nitrogens with zero attached hydrogens (tertiary/aromatic N) is 2. The molecule has 1 aromatic carbocycles. The first-order chi connectivity index (χ1) is 12.4. The average molecular weight is 372 g/mol. The molecule has 1 aromatic heterocycles. The van der Waals surface area contributed by atoms with Crippen LogP contribution in [0.5, 0.6) is 0 Å². The van der Waals surface area contributed by atoms with Gasteiger partial charge in [-0.1, -0.05) is 6.07 Å². The van der Waals surface area contributed by atoms with Crippen molar-refractivity contribution in [2.75, 3.05) is 5.32 Å². The lowest BCUT2D eigenvalue weighted by Gasteiger charge is -2.16. The van der Waals surface area contributed by atoms with Crippen LogP contribution in [0.15, 0.2) is 23.5 Å². The van der Waals surface area contributed by atoms with Crippen LogP contribution in [0, 0.1) is 6.92 Å². The SMILES string of the molecule is Cc1cc(S(=O)(=O)NC(=O)Nc2c3c(cc4c2CCC4)CCC3)ncn1. The molecule has 2 amide bonds. The average Bonchev–Trinajstić information content (AvgIpc) is 3.23. The summed E-state index contributed by atoms with van der Waals surface area (Å²) in [5.74, 6) is 0. The second-order valence-electron chi connectivity index (χ2n) is 6.79. The summed E-state index contributed by atoms with van der Waals surface area (Å²) in [6.07, 6.45) is 7.14. The number of sulfonamides is 1. The maximum absolute atomic E-state index is 12.4. The molecule has 0 fully saturated rings. The molecular formula is C18H20N4O3S. The molecule has 0 unspecified atom stereocenters. The van der Waals surface area contributed by atoms with Crippen molar-refractivity contribution in [2.24, 2.45) is 0 Å². The number of nitrogens with one attached hydrogen (secondary N) is 2. The molecule has 2 aliphatic rings. The molecule has 2 N–H and O–H groups in total. The van der Waals surface area contributed by atoms with Crippen molar-refractivity contribution in [1.82, 2.24) is 14.7 Å². The van der Waals surface area contributed by atoms with Gasteiger partial charge in [0.05, 0.1) is 0 Å². The highest BCUT2D eigenvalue weighted by atomic mass is 32.2. The lowest BCUT2D eigenvalue weighted by Crippen LogP contribution is -2.35. The lowest BCUT2D eigenvalue weighted by atomic mass is 9.99. The summed E-state index contributed by atoms with van der Waals surface area (Å²) in [7, 11) is -4.04. The van der Waals surface area contributed by atoms with Gasteiger partial charge in [-0.15, -0.1) is 0 Å². The summed E-state index contributed by atoms with van der Waals surface area (Å²) in [5, 5.41) is 2.59. The maximum atomic E-state index is 12.4. The van der Waals surface area contributed by atoms with Crippen molar-refractivity contribution in [3.05, 3.63) is 46.4 Å². The van der Waals surface area contributed by atoms with Crippen molar-refractivity contribution in [2.45, 2.75) is 50.5 Å². The number of amides is 2. The van der Waals surface area contributed by atoms with Gasteiger partial charge in [0.1, 0.15) is 6.33 Å². The van der Waals surface area contributed by atoms with Crippen LogP contribution in [0.3, 0.4) is 0 Å². The monoisotopic (exact) mass is 372 g/mol. The van der Waals surface area contributed by atoms with Gasteiger partial charge in [0.15, 0.2) is 5.03 Å². The van der Waals surface area contributed by atoms with Gasteiger partial charge in [-0.05, 0) is 73.8 Å². The third-order valence-corrected chi connectivity index (χ3v) is 6.22. The standard InChI is InChI=1S/C18H20N4O3S/c1-11-8-16(20-10-19-11)26(24,25)22-18(23)21-17-14-6-2-4-12(14)9-13-5-3-7-15(13)17/h8-10H,2-7H2,1H3,(H2,21,22,23). The number of urea groups is 1. The molecular weight excluding hydrogens is 352 g/mol. The third-order valence-electron chi connectivity index (χ3n) is 4.99. The van der Waals surface area contributed by atoms with Crippen molar-refractivity contribution < 1.29 is 13.2 Å². The van der Waals surface area contributed by atoms with Crippen LogP contribution in [0.25, 0.3) is 0 Å². The van der Waals surface area contributed by atoms with E-state index in [0.717, 1.165) is 55.3 Å². The van der Waals surface area contributed by atoms with E-state index in [1.807, 2.05) is 0 Å². The van der Waals surface area contributed by atoms with Gasteiger partial charge in [0, 0.05) is 11.4 Å². The summed E-state index contributed by atoms with van der Waals surface area (Å²) in [5.41, 5.74) is 6.16. The van der Waals surface area contributed by atoms with Crippen LogP contribution in [-0.2, 0) is 35.7 Å². The zero-order chi connectivity index (χ0) is 18.3.